The molecule has 3 rings (SSSR count). The smallest absolute Gasteiger partial charge is 0.112 e. The summed E-state index contributed by atoms with van der Waals surface area (Å²) in [5.74, 6) is 2.57. The van der Waals surface area contributed by atoms with E-state index < -0.39 is 0 Å². The molecule has 0 amide bonds. The van der Waals surface area contributed by atoms with Crippen LogP contribution in [0.5, 0.6) is 0 Å². The molecule has 1 aliphatic carbocycles. The fourth-order valence-electron chi connectivity index (χ4n) is 2.32. The highest BCUT2D eigenvalue weighted by Crippen LogP contribution is 2.41. The highest BCUT2D eigenvalue weighted by atomic mass is 35.5. The van der Waals surface area contributed by atoms with E-state index in [9.17, 15) is 0 Å². The van der Waals surface area contributed by atoms with E-state index in [-0.39, 0.29) is 0 Å². The third-order valence-electron chi connectivity index (χ3n) is 3.23. The largest absolute Gasteiger partial charge is 0.327 e. The maximum absolute atomic E-state index is 6.09. The van der Waals surface area contributed by atoms with Gasteiger partial charge in [0.1, 0.15) is 5.82 Å². The molecule has 2 aromatic rings. The molecule has 1 saturated carbocycles. The molecule has 90 valence electrons. The molecule has 0 spiro atoms. The van der Waals surface area contributed by atoms with Gasteiger partial charge < -0.3 is 4.57 Å². The number of benzene rings is 1. The summed E-state index contributed by atoms with van der Waals surface area (Å²) in [4.78, 5) is 4.77. The fourth-order valence-corrected chi connectivity index (χ4v) is 2.49. The maximum Gasteiger partial charge on any atom is 0.112 e. The lowest BCUT2D eigenvalue weighted by Gasteiger charge is -2.11. The van der Waals surface area contributed by atoms with Gasteiger partial charge in [0.2, 0.25) is 0 Å². The van der Waals surface area contributed by atoms with Crippen molar-refractivity contribution < 1.29 is 0 Å². The highest BCUT2D eigenvalue weighted by molar-refractivity contribution is 6.31. The van der Waals surface area contributed by atoms with E-state index in [0.717, 1.165) is 17.1 Å². The van der Waals surface area contributed by atoms with Crippen LogP contribution in [0.15, 0.2) is 18.2 Å². The van der Waals surface area contributed by atoms with E-state index >= 15 is 0 Å². The first-order chi connectivity index (χ1) is 8.15. The van der Waals surface area contributed by atoms with Crippen LogP contribution in [0.3, 0.4) is 0 Å². The Hall–Kier alpha value is -1.02. The van der Waals surface area contributed by atoms with Crippen LogP contribution in [0.1, 0.15) is 38.4 Å². The van der Waals surface area contributed by atoms with Gasteiger partial charge in [0.25, 0.3) is 0 Å². The maximum atomic E-state index is 6.09. The number of aromatic nitrogens is 2. The molecular formula is C14H17ClN2. The van der Waals surface area contributed by atoms with Crippen molar-refractivity contribution in [3.8, 4) is 0 Å². The summed E-state index contributed by atoms with van der Waals surface area (Å²) >= 11 is 6.09. The minimum atomic E-state index is 0.629. The van der Waals surface area contributed by atoms with Gasteiger partial charge in [0.05, 0.1) is 11.0 Å². The van der Waals surface area contributed by atoms with Crippen molar-refractivity contribution in [2.75, 3.05) is 0 Å². The predicted octanol–water partition coefficient (Wildman–Crippen LogP) is 4.22. The van der Waals surface area contributed by atoms with Gasteiger partial charge in [-0.15, -0.1) is 0 Å². The molecule has 0 N–H and O–H groups in total. The number of halogens is 1. The molecule has 1 aromatic carbocycles. The van der Waals surface area contributed by atoms with Crippen molar-refractivity contribution in [3.63, 3.8) is 0 Å². The lowest BCUT2D eigenvalue weighted by atomic mass is 10.2. The molecule has 1 aliphatic rings. The molecule has 0 atom stereocenters. The molecule has 17 heavy (non-hydrogen) atoms. The molecule has 0 aliphatic heterocycles. The van der Waals surface area contributed by atoms with Gasteiger partial charge in [-0.2, -0.15) is 0 Å². The SMILES string of the molecule is CC(C)Cn1c(C2CC2)nc2ccc(Cl)cc21. The number of rotatable bonds is 3. The summed E-state index contributed by atoms with van der Waals surface area (Å²) in [6.45, 7) is 5.52. The second kappa shape index (κ2) is 4.02. The predicted molar refractivity (Wildman–Crippen MR) is 71.6 cm³/mol. The van der Waals surface area contributed by atoms with Gasteiger partial charge in [-0.05, 0) is 37.0 Å². The zero-order valence-corrected chi connectivity index (χ0v) is 11.0. The molecule has 2 nitrogen and oxygen atoms in total. The van der Waals surface area contributed by atoms with Crippen molar-refractivity contribution in [2.45, 2.75) is 39.2 Å². The molecule has 1 heterocycles. The van der Waals surface area contributed by atoms with Gasteiger partial charge in [-0.1, -0.05) is 25.4 Å². The number of hydrogen-bond acceptors (Lipinski definition) is 1. The van der Waals surface area contributed by atoms with Crippen LogP contribution in [0.25, 0.3) is 11.0 Å². The third-order valence-corrected chi connectivity index (χ3v) is 3.47. The van der Waals surface area contributed by atoms with Gasteiger partial charge in [-0.3, -0.25) is 0 Å². The van der Waals surface area contributed by atoms with Crippen molar-refractivity contribution in [3.05, 3.63) is 29.0 Å². The summed E-state index contributed by atoms with van der Waals surface area (Å²) in [5, 5.41) is 0.796. The molecule has 0 bridgehead atoms. The second-order valence-electron chi connectivity index (χ2n) is 5.38. The Balaban J connectivity index is 2.17. The van der Waals surface area contributed by atoms with Crippen LogP contribution in [-0.2, 0) is 6.54 Å². The van der Waals surface area contributed by atoms with Crippen molar-refractivity contribution in [1.29, 1.82) is 0 Å². The minimum Gasteiger partial charge on any atom is -0.327 e. The minimum absolute atomic E-state index is 0.629. The quantitative estimate of drug-likeness (QED) is 0.795. The molecule has 0 radical (unpaired) electrons. The Labute approximate surface area is 107 Å². The Bertz CT molecular complexity index is 553. The topological polar surface area (TPSA) is 17.8 Å². The fraction of sp³-hybridized carbons (Fsp3) is 0.500. The van der Waals surface area contributed by atoms with E-state index in [1.807, 2.05) is 18.2 Å². The second-order valence-corrected chi connectivity index (χ2v) is 5.82. The molecule has 1 aromatic heterocycles. The first-order valence-electron chi connectivity index (χ1n) is 6.31. The van der Waals surface area contributed by atoms with Crippen molar-refractivity contribution >= 4 is 22.6 Å². The molecule has 1 fully saturated rings. The summed E-state index contributed by atoms with van der Waals surface area (Å²) in [6.07, 6.45) is 2.57. The van der Waals surface area contributed by atoms with Crippen LogP contribution >= 0.6 is 11.6 Å². The summed E-state index contributed by atoms with van der Waals surface area (Å²) in [5.41, 5.74) is 2.27. The Kier molecular flexibility index (Phi) is 2.62. The van der Waals surface area contributed by atoms with E-state index in [2.05, 4.69) is 18.4 Å². The zero-order valence-electron chi connectivity index (χ0n) is 10.3. The average molecular weight is 249 g/mol. The molecule has 0 unspecified atom stereocenters. The zero-order chi connectivity index (χ0) is 12.0. The van der Waals surface area contributed by atoms with E-state index in [4.69, 9.17) is 16.6 Å². The lowest BCUT2D eigenvalue weighted by molar-refractivity contribution is 0.517. The number of hydrogen-bond donors (Lipinski definition) is 0. The Morgan fingerprint density at radius 3 is 2.82 bits per heavy atom. The number of fused-ring (bicyclic) bond motifs is 1. The first kappa shape index (κ1) is 11.1. The summed E-state index contributed by atoms with van der Waals surface area (Å²) in [7, 11) is 0. The summed E-state index contributed by atoms with van der Waals surface area (Å²) in [6, 6.07) is 5.99. The van der Waals surface area contributed by atoms with Gasteiger partial charge in [-0.25, -0.2) is 4.98 Å². The van der Waals surface area contributed by atoms with Crippen molar-refractivity contribution in [1.82, 2.24) is 9.55 Å². The van der Waals surface area contributed by atoms with E-state index in [0.29, 0.717) is 11.8 Å². The first-order valence-corrected chi connectivity index (χ1v) is 6.68. The molecular weight excluding hydrogens is 232 g/mol. The monoisotopic (exact) mass is 248 g/mol. The average Bonchev–Trinajstić information content (AvgIpc) is 3.04. The lowest BCUT2D eigenvalue weighted by Crippen LogP contribution is -2.07. The molecule has 3 heteroatoms. The van der Waals surface area contributed by atoms with Crippen LogP contribution < -0.4 is 0 Å². The van der Waals surface area contributed by atoms with Crippen LogP contribution in [0, 0.1) is 5.92 Å². The van der Waals surface area contributed by atoms with Gasteiger partial charge >= 0.3 is 0 Å². The van der Waals surface area contributed by atoms with E-state index in [1.165, 1.54) is 24.2 Å². The standard InChI is InChI=1S/C14H17ClN2/c1-9(2)8-17-13-7-11(15)5-6-12(13)16-14(17)10-3-4-10/h5-7,9-10H,3-4,8H2,1-2H3. The van der Waals surface area contributed by atoms with Crippen LogP contribution in [0.2, 0.25) is 5.02 Å². The number of nitrogens with zero attached hydrogens (tertiary/aromatic N) is 2. The summed E-state index contributed by atoms with van der Waals surface area (Å²) < 4.78 is 2.36. The normalized spacial score (nSPS) is 16.0. The van der Waals surface area contributed by atoms with Crippen molar-refractivity contribution in [2.24, 2.45) is 5.92 Å². The van der Waals surface area contributed by atoms with Gasteiger partial charge in [0.15, 0.2) is 0 Å². The number of imidazole rings is 1. The van der Waals surface area contributed by atoms with Crippen LogP contribution in [0.4, 0.5) is 0 Å². The Morgan fingerprint density at radius 1 is 1.41 bits per heavy atom. The highest BCUT2D eigenvalue weighted by Gasteiger charge is 2.29. The van der Waals surface area contributed by atoms with Crippen LogP contribution in [-0.4, -0.2) is 9.55 Å². The Morgan fingerprint density at radius 2 is 2.18 bits per heavy atom. The third kappa shape index (κ3) is 2.06. The van der Waals surface area contributed by atoms with Gasteiger partial charge in [0, 0.05) is 17.5 Å². The van der Waals surface area contributed by atoms with E-state index in [1.54, 1.807) is 0 Å². The molecule has 0 saturated heterocycles.